The monoisotopic (exact) mass is 543 g/mol. The molecule has 12 nitrogen and oxygen atoms in total. The van der Waals surface area contributed by atoms with Crippen LogP contribution in [0.5, 0.6) is 5.75 Å². The molecule has 0 heterocycles. The van der Waals surface area contributed by atoms with E-state index in [9.17, 15) is 9.59 Å². The maximum atomic E-state index is 12.3. The lowest BCUT2D eigenvalue weighted by molar-refractivity contribution is -0.126. The Morgan fingerprint density at radius 3 is 2.64 bits per heavy atom. The molecule has 0 spiro atoms. The molecule has 213 valence electrons. The van der Waals surface area contributed by atoms with Crippen LogP contribution in [0.2, 0.25) is 5.82 Å². The van der Waals surface area contributed by atoms with Crippen molar-refractivity contribution in [2.24, 2.45) is 5.11 Å². The smallest absolute Gasteiger partial charge is 0.251 e. The van der Waals surface area contributed by atoms with Crippen molar-refractivity contribution in [3.05, 3.63) is 40.3 Å². The zero-order valence-corrected chi connectivity index (χ0v) is 23.3. The van der Waals surface area contributed by atoms with Crippen molar-refractivity contribution in [2.45, 2.75) is 45.8 Å². The van der Waals surface area contributed by atoms with Crippen molar-refractivity contribution >= 4 is 19.1 Å². The van der Waals surface area contributed by atoms with Gasteiger partial charge in [-0.2, -0.15) is 5.82 Å². The second-order valence-corrected chi connectivity index (χ2v) is 8.92. The first-order valence-corrected chi connectivity index (χ1v) is 13.0. The van der Waals surface area contributed by atoms with Crippen LogP contribution < -0.4 is 20.7 Å². The number of carbonyl (C=O) groups is 2. The number of hydrogen-bond donors (Lipinski definition) is 3. The molecule has 1 rings (SSSR count). The standard InChI is InChI=1S/C26H40BN6O6/c1-20(2)27-9-6-13-36-14-12-30-24(34)18-37-15-16-38-25(32-33-28)19-39-23-8-5-7-22(17-23)26(35)31-11-10-29-21(3)4/h5,7-8,17,20-21,25,29H,10-16,18-19H2,1-4H3,(H,30,34)(H,31,35). The van der Waals surface area contributed by atoms with Gasteiger partial charge in [0.25, 0.3) is 5.91 Å². The molecule has 1 radical (unpaired) electrons. The van der Waals surface area contributed by atoms with Crippen LogP contribution >= 0.6 is 0 Å². The summed E-state index contributed by atoms with van der Waals surface area (Å²) in [5.41, 5.74) is 9.26. The minimum atomic E-state index is -0.912. The van der Waals surface area contributed by atoms with Crippen molar-refractivity contribution in [1.29, 1.82) is 0 Å². The molecule has 0 saturated heterocycles. The lowest BCUT2D eigenvalue weighted by Gasteiger charge is -2.15. The highest BCUT2D eigenvalue weighted by molar-refractivity contribution is 6.47. The van der Waals surface area contributed by atoms with Gasteiger partial charge >= 0.3 is 0 Å². The Labute approximate surface area is 231 Å². The van der Waals surface area contributed by atoms with Crippen molar-refractivity contribution in [2.75, 3.05) is 59.3 Å². The fraction of sp³-hybridized carbons (Fsp3) is 0.615. The van der Waals surface area contributed by atoms with Crippen LogP contribution in [0.3, 0.4) is 0 Å². The summed E-state index contributed by atoms with van der Waals surface area (Å²) in [6, 6.07) is 7.02. The predicted molar refractivity (Wildman–Crippen MR) is 150 cm³/mol. The van der Waals surface area contributed by atoms with Crippen LogP contribution in [0.1, 0.15) is 38.1 Å². The van der Waals surface area contributed by atoms with Crippen LogP contribution in [0.4, 0.5) is 0 Å². The minimum Gasteiger partial charge on any atom is -0.491 e. The van der Waals surface area contributed by atoms with Crippen LogP contribution in [-0.2, 0) is 19.0 Å². The second-order valence-electron chi connectivity index (χ2n) is 8.92. The Kier molecular flexibility index (Phi) is 18.7. The number of nitrogens with zero attached hydrogens (tertiary/aromatic N) is 3. The van der Waals surface area contributed by atoms with E-state index in [1.807, 2.05) is 35.0 Å². The highest BCUT2D eigenvalue weighted by Gasteiger charge is 2.11. The molecule has 1 aromatic carbocycles. The van der Waals surface area contributed by atoms with Crippen molar-refractivity contribution < 1.29 is 28.5 Å². The molecule has 0 aliphatic heterocycles. The summed E-state index contributed by atoms with van der Waals surface area (Å²) in [5, 5.41) is 12.3. The Morgan fingerprint density at radius 2 is 1.90 bits per heavy atom. The lowest BCUT2D eigenvalue weighted by Crippen LogP contribution is -2.34. The third kappa shape index (κ3) is 18.6. The molecule has 2 amide bonds. The summed E-state index contributed by atoms with van der Waals surface area (Å²) in [4.78, 5) is 26.9. The van der Waals surface area contributed by atoms with E-state index in [2.05, 4.69) is 37.7 Å². The van der Waals surface area contributed by atoms with Crippen molar-refractivity contribution in [3.8, 4) is 17.5 Å². The molecule has 0 bridgehead atoms. The third-order valence-corrected chi connectivity index (χ3v) is 4.66. The highest BCUT2D eigenvalue weighted by atomic mass is 16.6. The van der Waals surface area contributed by atoms with Crippen molar-refractivity contribution in [1.82, 2.24) is 16.0 Å². The number of rotatable bonds is 20. The van der Waals surface area contributed by atoms with E-state index in [0.717, 1.165) is 0 Å². The molecule has 0 saturated carbocycles. The predicted octanol–water partition coefficient (Wildman–Crippen LogP) is 2.09. The fourth-order valence-corrected chi connectivity index (χ4v) is 2.82. The summed E-state index contributed by atoms with van der Waals surface area (Å²) in [5.74, 6) is 6.12. The number of benzene rings is 1. The zero-order chi connectivity index (χ0) is 28.7. The molecule has 3 N–H and O–H groups in total. The largest absolute Gasteiger partial charge is 0.491 e. The van der Waals surface area contributed by atoms with Gasteiger partial charge in [0, 0.05) is 36.2 Å². The van der Waals surface area contributed by atoms with Gasteiger partial charge in [-0.3, -0.25) is 9.59 Å². The molecule has 0 fully saturated rings. The average Bonchev–Trinajstić information content (AvgIpc) is 2.90. The number of ether oxygens (including phenoxy) is 4. The van der Waals surface area contributed by atoms with E-state index in [1.54, 1.807) is 24.3 Å². The molecule has 1 unspecified atom stereocenters. The van der Waals surface area contributed by atoms with Crippen LogP contribution in [0.25, 0.3) is 10.4 Å². The van der Waals surface area contributed by atoms with Gasteiger partial charge in [-0.25, -0.2) is 0 Å². The fourth-order valence-electron chi connectivity index (χ4n) is 2.82. The Bertz CT molecular complexity index is 962. The summed E-state index contributed by atoms with van der Waals surface area (Å²) >= 11 is 0. The zero-order valence-electron chi connectivity index (χ0n) is 23.3. The Hall–Kier alpha value is -3.27. The molecular formula is C26H40BN6O6. The van der Waals surface area contributed by atoms with Crippen LogP contribution in [0.15, 0.2) is 29.4 Å². The first-order valence-electron chi connectivity index (χ1n) is 13.0. The van der Waals surface area contributed by atoms with Crippen molar-refractivity contribution in [3.63, 3.8) is 0 Å². The summed E-state index contributed by atoms with van der Waals surface area (Å²) in [6.45, 7) is 10.3. The van der Waals surface area contributed by atoms with Gasteiger partial charge in [-0.1, -0.05) is 50.6 Å². The molecule has 1 atom stereocenters. The van der Waals surface area contributed by atoms with E-state index in [1.165, 1.54) is 0 Å². The first kappa shape index (κ1) is 33.8. The molecule has 0 aliphatic rings. The molecule has 39 heavy (non-hydrogen) atoms. The number of nitrogens with one attached hydrogen (secondary N) is 3. The van der Waals surface area contributed by atoms with E-state index in [-0.39, 0.29) is 38.2 Å². The van der Waals surface area contributed by atoms with Crippen LogP contribution in [0, 0.1) is 11.7 Å². The van der Waals surface area contributed by atoms with Gasteiger partial charge in [0.15, 0.2) is 6.23 Å². The van der Waals surface area contributed by atoms with Gasteiger partial charge in [-0.15, -0.1) is 0 Å². The van der Waals surface area contributed by atoms with Gasteiger partial charge in [0.2, 0.25) is 13.2 Å². The normalized spacial score (nSPS) is 11.2. The van der Waals surface area contributed by atoms with Gasteiger partial charge in [-0.05, 0) is 23.7 Å². The van der Waals surface area contributed by atoms with Gasteiger partial charge in [0.1, 0.15) is 25.6 Å². The number of carbonyl (C=O) groups excluding carboxylic acids is 2. The third-order valence-electron chi connectivity index (χ3n) is 4.66. The summed E-state index contributed by atoms with van der Waals surface area (Å²) in [6.07, 6.45) is -0.912. The molecule has 0 aromatic heterocycles. The summed E-state index contributed by atoms with van der Waals surface area (Å²) < 4.78 is 21.7. The van der Waals surface area contributed by atoms with E-state index in [4.69, 9.17) is 24.5 Å². The maximum Gasteiger partial charge on any atom is 0.251 e. The average molecular weight is 543 g/mol. The van der Waals surface area contributed by atoms with E-state index < -0.39 is 6.23 Å². The number of amides is 2. The number of hydrogen-bond acceptors (Lipinski definition) is 8. The molecule has 1 aromatic rings. The highest BCUT2D eigenvalue weighted by Crippen LogP contribution is 2.14. The van der Waals surface area contributed by atoms with Crippen LogP contribution in [-0.4, -0.2) is 90.6 Å². The molecular weight excluding hydrogens is 503 g/mol. The van der Waals surface area contributed by atoms with Gasteiger partial charge < -0.3 is 34.9 Å². The number of azide groups is 1. The first-order chi connectivity index (χ1) is 18.8. The topological polar surface area (TPSA) is 156 Å². The minimum absolute atomic E-state index is 0.0617. The second kappa shape index (κ2) is 21.6. The summed E-state index contributed by atoms with van der Waals surface area (Å²) in [7, 11) is 1.89. The maximum absolute atomic E-state index is 12.3. The SMILES string of the molecule is CC(C)[B]C#CCOCCNC(=O)COCCOC(COc1cccc(C(=O)NCCNC(C)C)c1)N=[N+]=[N-]. The molecule has 0 aliphatic carbocycles. The Balaban J connectivity index is 2.24. The molecule has 13 heteroatoms. The van der Waals surface area contributed by atoms with Gasteiger partial charge in [0.05, 0.1) is 19.8 Å². The van der Waals surface area contributed by atoms with E-state index >= 15 is 0 Å². The van der Waals surface area contributed by atoms with E-state index in [0.29, 0.717) is 56.0 Å². The Morgan fingerprint density at radius 1 is 1.08 bits per heavy atom. The quantitative estimate of drug-likeness (QED) is 0.0568. The lowest BCUT2D eigenvalue weighted by atomic mass is 9.67.